The van der Waals surface area contributed by atoms with Crippen LogP contribution in [-0.2, 0) is 4.79 Å². The van der Waals surface area contributed by atoms with E-state index in [2.05, 4.69) is 10.6 Å². The standard InChI is InChI=1S/C12H23N3O2/c1-3-7-13-11(16)10(2)14-12(17)15-8-5-4-6-9-15/h10H,3-9H2,1-2H3,(H,13,16)(H,14,17). The Labute approximate surface area is 103 Å². The summed E-state index contributed by atoms with van der Waals surface area (Å²) in [5.74, 6) is -0.114. The van der Waals surface area contributed by atoms with Gasteiger partial charge < -0.3 is 15.5 Å². The van der Waals surface area contributed by atoms with Crippen LogP contribution in [0.25, 0.3) is 0 Å². The molecule has 0 saturated carbocycles. The van der Waals surface area contributed by atoms with E-state index >= 15 is 0 Å². The van der Waals surface area contributed by atoms with Gasteiger partial charge in [-0.2, -0.15) is 0 Å². The van der Waals surface area contributed by atoms with Crippen molar-refractivity contribution >= 4 is 11.9 Å². The number of carbonyl (C=O) groups excluding carboxylic acids is 2. The highest BCUT2D eigenvalue weighted by molar-refractivity contribution is 5.86. The van der Waals surface area contributed by atoms with Crippen molar-refractivity contribution in [2.24, 2.45) is 0 Å². The van der Waals surface area contributed by atoms with Gasteiger partial charge in [0.1, 0.15) is 6.04 Å². The van der Waals surface area contributed by atoms with Gasteiger partial charge in [0.25, 0.3) is 0 Å². The number of piperidine rings is 1. The first-order valence-corrected chi connectivity index (χ1v) is 6.48. The van der Waals surface area contributed by atoms with Gasteiger partial charge in [-0.3, -0.25) is 4.79 Å². The number of hydrogen-bond donors (Lipinski definition) is 2. The van der Waals surface area contributed by atoms with E-state index in [1.165, 1.54) is 6.42 Å². The van der Waals surface area contributed by atoms with Gasteiger partial charge in [0.15, 0.2) is 0 Å². The van der Waals surface area contributed by atoms with Gasteiger partial charge in [0, 0.05) is 19.6 Å². The van der Waals surface area contributed by atoms with Gasteiger partial charge in [-0.25, -0.2) is 4.79 Å². The highest BCUT2D eigenvalue weighted by atomic mass is 16.2. The third kappa shape index (κ3) is 4.63. The molecule has 5 nitrogen and oxygen atoms in total. The first-order chi connectivity index (χ1) is 8.15. The van der Waals surface area contributed by atoms with E-state index in [9.17, 15) is 9.59 Å². The van der Waals surface area contributed by atoms with E-state index in [1.807, 2.05) is 6.92 Å². The van der Waals surface area contributed by atoms with Crippen LogP contribution in [0.2, 0.25) is 0 Å². The minimum Gasteiger partial charge on any atom is -0.354 e. The molecule has 98 valence electrons. The predicted octanol–water partition coefficient (Wildman–Crippen LogP) is 1.10. The molecule has 0 radical (unpaired) electrons. The summed E-state index contributed by atoms with van der Waals surface area (Å²) in [4.78, 5) is 25.2. The summed E-state index contributed by atoms with van der Waals surface area (Å²) in [5.41, 5.74) is 0. The molecule has 2 N–H and O–H groups in total. The van der Waals surface area contributed by atoms with Crippen molar-refractivity contribution in [2.75, 3.05) is 19.6 Å². The summed E-state index contributed by atoms with van der Waals surface area (Å²) in [6, 6.07) is -0.583. The van der Waals surface area contributed by atoms with E-state index in [0.717, 1.165) is 32.4 Å². The summed E-state index contributed by atoms with van der Waals surface area (Å²) in [7, 11) is 0. The Bertz CT molecular complexity index is 262. The van der Waals surface area contributed by atoms with Crippen molar-refractivity contribution in [3.63, 3.8) is 0 Å². The number of amides is 3. The molecule has 1 aliphatic heterocycles. The fourth-order valence-electron chi connectivity index (χ4n) is 1.84. The largest absolute Gasteiger partial charge is 0.354 e. The van der Waals surface area contributed by atoms with E-state index in [0.29, 0.717) is 6.54 Å². The molecule has 1 rings (SSSR count). The zero-order valence-electron chi connectivity index (χ0n) is 10.8. The van der Waals surface area contributed by atoms with Crippen molar-refractivity contribution < 1.29 is 9.59 Å². The molecule has 1 aliphatic rings. The molecule has 0 aromatic rings. The normalized spacial score (nSPS) is 17.4. The van der Waals surface area contributed by atoms with Crippen LogP contribution in [0.3, 0.4) is 0 Å². The summed E-state index contributed by atoms with van der Waals surface area (Å²) in [6.45, 7) is 5.97. The molecule has 1 atom stereocenters. The Hall–Kier alpha value is -1.26. The fraction of sp³-hybridized carbons (Fsp3) is 0.833. The number of nitrogens with zero attached hydrogens (tertiary/aromatic N) is 1. The van der Waals surface area contributed by atoms with Crippen LogP contribution in [0, 0.1) is 0 Å². The topological polar surface area (TPSA) is 61.4 Å². The maximum absolute atomic E-state index is 11.8. The minimum absolute atomic E-state index is 0.114. The molecule has 0 aliphatic carbocycles. The lowest BCUT2D eigenvalue weighted by Crippen LogP contribution is -2.51. The van der Waals surface area contributed by atoms with Crippen molar-refractivity contribution in [3.05, 3.63) is 0 Å². The molecule has 3 amide bonds. The van der Waals surface area contributed by atoms with Crippen LogP contribution in [0.5, 0.6) is 0 Å². The maximum atomic E-state index is 11.8. The lowest BCUT2D eigenvalue weighted by Gasteiger charge is -2.28. The number of hydrogen-bond acceptors (Lipinski definition) is 2. The Morgan fingerprint density at radius 3 is 2.47 bits per heavy atom. The molecule has 1 fully saturated rings. The minimum atomic E-state index is -0.462. The molecule has 17 heavy (non-hydrogen) atoms. The Balaban J connectivity index is 2.31. The third-order valence-corrected chi connectivity index (χ3v) is 2.93. The monoisotopic (exact) mass is 241 g/mol. The average molecular weight is 241 g/mol. The summed E-state index contributed by atoms with van der Waals surface area (Å²) >= 11 is 0. The van der Waals surface area contributed by atoms with Crippen LogP contribution in [0.15, 0.2) is 0 Å². The second-order valence-electron chi connectivity index (χ2n) is 4.51. The van der Waals surface area contributed by atoms with Crippen molar-refractivity contribution in [3.8, 4) is 0 Å². The average Bonchev–Trinajstić information content (AvgIpc) is 2.36. The summed E-state index contributed by atoms with van der Waals surface area (Å²) in [6.07, 6.45) is 4.21. The quantitative estimate of drug-likeness (QED) is 0.774. The van der Waals surface area contributed by atoms with Gasteiger partial charge in [-0.1, -0.05) is 6.92 Å². The molecule has 1 heterocycles. The second kappa shape index (κ2) is 7.14. The third-order valence-electron chi connectivity index (χ3n) is 2.93. The number of rotatable bonds is 4. The van der Waals surface area contributed by atoms with Crippen LogP contribution >= 0.6 is 0 Å². The number of urea groups is 1. The van der Waals surface area contributed by atoms with E-state index in [1.54, 1.807) is 11.8 Å². The number of nitrogens with one attached hydrogen (secondary N) is 2. The lowest BCUT2D eigenvalue weighted by atomic mass is 10.1. The molecular weight excluding hydrogens is 218 g/mol. The van der Waals surface area contributed by atoms with Gasteiger partial charge in [-0.15, -0.1) is 0 Å². The highest BCUT2D eigenvalue weighted by Gasteiger charge is 2.20. The molecule has 0 spiro atoms. The van der Waals surface area contributed by atoms with Crippen molar-refractivity contribution in [1.82, 2.24) is 15.5 Å². The zero-order chi connectivity index (χ0) is 12.7. The molecule has 1 saturated heterocycles. The molecular formula is C12H23N3O2. The van der Waals surface area contributed by atoms with Crippen LogP contribution < -0.4 is 10.6 Å². The van der Waals surface area contributed by atoms with Crippen LogP contribution in [0.1, 0.15) is 39.5 Å². The first-order valence-electron chi connectivity index (χ1n) is 6.48. The zero-order valence-corrected chi connectivity index (χ0v) is 10.8. The fourth-order valence-corrected chi connectivity index (χ4v) is 1.84. The maximum Gasteiger partial charge on any atom is 0.318 e. The second-order valence-corrected chi connectivity index (χ2v) is 4.51. The summed E-state index contributed by atoms with van der Waals surface area (Å²) < 4.78 is 0. The van der Waals surface area contributed by atoms with Crippen molar-refractivity contribution in [1.29, 1.82) is 0 Å². The van der Waals surface area contributed by atoms with Crippen LogP contribution in [-0.4, -0.2) is 42.5 Å². The van der Waals surface area contributed by atoms with Crippen LogP contribution in [0.4, 0.5) is 4.79 Å². The summed E-state index contributed by atoms with van der Waals surface area (Å²) in [5, 5.41) is 5.50. The molecule has 5 heteroatoms. The highest BCUT2D eigenvalue weighted by Crippen LogP contribution is 2.08. The smallest absolute Gasteiger partial charge is 0.318 e. The molecule has 1 unspecified atom stereocenters. The van der Waals surface area contributed by atoms with Crippen molar-refractivity contribution in [2.45, 2.75) is 45.6 Å². The van der Waals surface area contributed by atoms with Gasteiger partial charge in [-0.05, 0) is 32.6 Å². The van der Waals surface area contributed by atoms with Gasteiger partial charge in [0.2, 0.25) is 5.91 Å². The van der Waals surface area contributed by atoms with Gasteiger partial charge >= 0.3 is 6.03 Å². The predicted molar refractivity (Wildman–Crippen MR) is 66.7 cm³/mol. The van der Waals surface area contributed by atoms with E-state index in [-0.39, 0.29) is 11.9 Å². The molecule has 0 aromatic carbocycles. The van der Waals surface area contributed by atoms with E-state index < -0.39 is 6.04 Å². The molecule has 0 aromatic heterocycles. The Kier molecular flexibility index (Phi) is 5.80. The Morgan fingerprint density at radius 2 is 1.88 bits per heavy atom. The molecule has 0 bridgehead atoms. The number of carbonyl (C=O) groups is 2. The van der Waals surface area contributed by atoms with E-state index in [4.69, 9.17) is 0 Å². The Morgan fingerprint density at radius 1 is 1.24 bits per heavy atom. The lowest BCUT2D eigenvalue weighted by molar-refractivity contribution is -0.122. The van der Waals surface area contributed by atoms with Gasteiger partial charge in [0.05, 0.1) is 0 Å². The number of likely N-dealkylation sites (tertiary alicyclic amines) is 1. The first kappa shape index (κ1) is 13.8. The SMILES string of the molecule is CCCNC(=O)C(C)NC(=O)N1CCCCC1.